The second-order valence-corrected chi connectivity index (χ2v) is 7.07. The molecular formula is C22H26O2. The van der Waals surface area contributed by atoms with Gasteiger partial charge in [-0.05, 0) is 43.4 Å². The number of carbonyl (C=O) groups is 1. The minimum absolute atomic E-state index is 0.0159. The van der Waals surface area contributed by atoms with E-state index in [4.69, 9.17) is 4.74 Å². The van der Waals surface area contributed by atoms with Gasteiger partial charge in [0, 0.05) is 0 Å². The van der Waals surface area contributed by atoms with E-state index in [0.717, 1.165) is 5.56 Å². The van der Waals surface area contributed by atoms with Crippen molar-refractivity contribution in [2.75, 3.05) is 0 Å². The van der Waals surface area contributed by atoms with E-state index in [2.05, 4.69) is 43.0 Å². The molecule has 2 aromatic rings. The van der Waals surface area contributed by atoms with Crippen LogP contribution in [0, 0.1) is 5.92 Å². The molecular weight excluding hydrogens is 296 g/mol. The van der Waals surface area contributed by atoms with Crippen molar-refractivity contribution >= 4 is 5.97 Å². The lowest BCUT2D eigenvalue weighted by atomic mass is 9.86. The van der Waals surface area contributed by atoms with Crippen LogP contribution < -0.4 is 0 Å². The van der Waals surface area contributed by atoms with Gasteiger partial charge in [-0.15, -0.1) is 6.58 Å². The van der Waals surface area contributed by atoms with Gasteiger partial charge in [-0.25, -0.2) is 0 Å². The van der Waals surface area contributed by atoms with Crippen molar-refractivity contribution in [3.63, 3.8) is 0 Å². The standard InChI is InChI=1S/C22H26O2/c1-6-20(21(23)24-22(3,4)5)16(2)17-12-14-19(15-13-17)18-10-8-7-9-11-18/h6-16,20H,1H2,2-5H3. The number of esters is 1. The summed E-state index contributed by atoms with van der Waals surface area (Å²) in [6.45, 7) is 11.5. The Kier molecular flexibility index (Phi) is 5.61. The molecule has 0 aliphatic carbocycles. The summed E-state index contributed by atoms with van der Waals surface area (Å²) in [5.41, 5.74) is 2.96. The van der Waals surface area contributed by atoms with Gasteiger partial charge in [-0.2, -0.15) is 0 Å². The fraction of sp³-hybridized carbons (Fsp3) is 0.318. The Morgan fingerprint density at radius 1 is 1.00 bits per heavy atom. The Hall–Kier alpha value is -2.35. The molecule has 126 valence electrons. The fourth-order valence-corrected chi connectivity index (χ4v) is 2.69. The predicted octanol–water partition coefficient (Wildman–Crippen LogP) is 5.60. The van der Waals surface area contributed by atoms with Crippen LogP contribution in [0.4, 0.5) is 0 Å². The summed E-state index contributed by atoms with van der Waals surface area (Å²) in [7, 11) is 0. The SMILES string of the molecule is C=CC(C(=O)OC(C)(C)C)C(C)c1ccc(-c2ccccc2)cc1. The van der Waals surface area contributed by atoms with Crippen LogP contribution in [0.5, 0.6) is 0 Å². The van der Waals surface area contributed by atoms with E-state index in [1.165, 1.54) is 11.1 Å². The van der Waals surface area contributed by atoms with Crippen LogP contribution in [0.25, 0.3) is 11.1 Å². The average Bonchev–Trinajstić information content (AvgIpc) is 2.55. The van der Waals surface area contributed by atoms with Gasteiger partial charge in [0.25, 0.3) is 0 Å². The Bertz CT molecular complexity index is 678. The summed E-state index contributed by atoms with van der Waals surface area (Å²) >= 11 is 0. The Balaban J connectivity index is 2.17. The van der Waals surface area contributed by atoms with Crippen molar-refractivity contribution < 1.29 is 9.53 Å². The third-order valence-electron chi connectivity index (χ3n) is 4.02. The Morgan fingerprint density at radius 2 is 1.54 bits per heavy atom. The van der Waals surface area contributed by atoms with Crippen LogP contribution in [0.3, 0.4) is 0 Å². The number of hydrogen-bond acceptors (Lipinski definition) is 2. The van der Waals surface area contributed by atoms with Gasteiger partial charge >= 0.3 is 5.97 Å². The summed E-state index contributed by atoms with van der Waals surface area (Å²) in [5.74, 6) is -0.564. The smallest absolute Gasteiger partial charge is 0.313 e. The van der Waals surface area contributed by atoms with Crippen molar-refractivity contribution in [2.45, 2.75) is 39.2 Å². The average molecular weight is 322 g/mol. The maximum absolute atomic E-state index is 12.4. The lowest BCUT2D eigenvalue weighted by Gasteiger charge is -2.26. The molecule has 24 heavy (non-hydrogen) atoms. The third kappa shape index (κ3) is 4.58. The van der Waals surface area contributed by atoms with Gasteiger partial charge in [-0.1, -0.05) is 67.6 Å². The molecule has 0 spiro atoms. The van der Waals surface area contributed by atoms with E-state index >= 15 is 0 Å². The number of carbonyl (C=O) groups excluding carboxylic acids is 1. The highest BCUT2D eigenvalue weighted by molar-refractivity contribution is 5.76. The fourth-order valence-electron chi connectivity index (χ4n) is 2.69. The predicted molar refractivity (Wildman–Crippen MR) is 99.8 cm³/mol. The van der Waals surface area contributed by atoms with Crippen molar-refractivity contribution in [1.82, 2.24) is 0 Å². The summed E-state index contributed by atoms with van der Waals surface area (Å²) in [6, 6.07) is 18.6. The van der Waals surface area contributed by atoms with Crippen LogP contribution >= 0.6 is 0 Å². The zero-order chi connectivity index (χ0) is 17.7. The third-order valence-corrected chi connectivity index (χ3v) is 4.02. The normalized spacial score (nSPS) is 13.8. The van der Waals surface area contributed by atoms with Gasteiger partial charge in [0.05, 0.1) is 5.92 Å². The van der Waals surface area contributed by atoms with Crippen LogP contribution in [0.1, 0.15) is 39.2 Å². The van der Waals surface area contributed by atoms with Crippen molar-refractivity contribution in [3.05, 3.63) is 72.8 Å². The van der Waals surface area contributed by atoms with Crippen molar-refractivity contribution in [2.24, 2.45) is 5.92 Å². The van der Waals surface area contributed by atoms with Crippen LogP contribution in [-0.4, -0.2) is 11.6 Å². The van der Waals surface area contributed by atoms with E-state index in [1.54, 1.807) is 6.08 Å². The minimum atomic E-state index is -0.491. The molecule has 2 aromatic carbocycles. The highest BCUT2D eigenvalue weighted by atomic mass is 16.6. The van der Waals surface area contributed by atoms with Crippen LogP contribution in [0.2, 0.25) is 0 Å². The molecule has 2 nitrogen and oxygen atoms in total. The molecule has 0 aromatic heterocycles. The molecule has 2 rings (SSSR count). The largest absolute Gasteiger partial charge is 0.459 e. The van der Waals surface area contributed by atoms with E-state index in [0.29, 0.717) is 0 Å². The molecule has 0 aliphatic heterocycles. The molecule has 0 fully saturated rings. The van der Waals surface area contributed by atoms with Gasteiger partial charge in [0.1, 0.15) is 5.60 Å². The van der Waals surface area contributed by atoms with E-state index in [-0.39, 0.29) is 17.8 Å². The molecule has 0 saturated carbocycles. The maximum Gasteiger partial charge on any atom is 0.313 e. The number of hydrogen-bond donors (Lipinski definition) is 0. The maximum atomic E-state index is 12.4. The van der Waals surface area contributed by atoms with Gasteiger partial charge < -0.3 is 4.74 Å². The molecule has 0 bridgehead atoms. The summed E-state index contributed by atoms with van der Waals surface area (Å²) in [4.78, 5) is 12.4. The number of rotatable bonds is 5. The zero-order valence-electron chi connectivity index (χ0n) is 15.0. The first-order chi connectivity index (χ1) is 11.3. The van der Waals surface area contributed by atoms with Crippen LogP contribution in [-0.2, 0) is 9.53 Å². The molecule has 0 N–H and O–H groups in total. The molecule has 0 radical (unpaired) electrons. The van der Waals surface area contributed by atoms with E-state index in [9.17, 15) is 4.79 Å². The lowest BCUT2D eigenvalue weighted by Crippen LogP contribution is -2.30. The monoisotopic (exact) mass is 322 g/mol. The molecule has 0 amide bonds. The zero-order valence-corrected chi connectivity index (χ0v) is 15.0. The second-order valence-electron chi connectivity index (χ2n) is 7.07. The lowest BCUT2D eigenvalue weighted by molar-refractivity contribution is -0.158. The minimum Gasteiger partial charge on any atom is -0.459 e. The van der Waals surface area contributed by atoms with Crippen LogP contribution in [0.15, 0.2) is 67.3 Å². The van der Waals surface area contributed by atoms with Crippen molar-refractivity contribution in [3.8, 4) is 11.1 Å². The summed E-state index contributed by atoms with van der Waals surface area (Å²) in [5, 5.41) is 0. The molecule has 0 saturated heterocycles. The first-order valence-corrected chi connectivity index (χ1v) is 8.32. The first-order valence-electron chi connectivity index (χ1n) is 8.32. The first kappa shape index (κ1) is 18.0. The highest BCUT2D eigenvalue weighted by Crippen LogP contribution is 2.29. The highest BCUT2D eigenvalue weighted by Gasteiger charge is 2.28. The molecule has 2 heteroatoms. The van der Waals surface area contributed by atoms with Gasteiger partial charge in [-0.3, -0.25) is 4.79 Å². The van der Waals surface area contributed by atoms with E-state index in [1.807, 2.05) is 45.9 Å². The Labute approximate surface area is 145 Å². The summed E-state index contributed by atoms with van der Waals surface area (Å²) < 4.78 is 5.52. The van der Waals surface area contributed by atoms with Gasteiger partial charge in [0.2, 0.25) is 0 Å². The van der Waals surface area contributed by atoms with E-state index < -0.39 is 5.60 Å². The second kappa shape index (κ2) is 7.48. The summed E-state index contributed by atoms with van der Waals surface area (Å²) in [6.07, 6.45) is 1.68. The van der Waals surface area contributed by atoms with Gasteiger partial charge in [0.15, 0.2) is 0 Å². The molecule has 2 atom stereocenters. The molecule has 0 aliphatic rings. The number of benzene rings is 2. The topological polar surface area (TPSA) is 26.3 Å². The molecule has 2 unspecified atom stereocenters. The molecule has 0 heterocycles. The quantitative estimate of drug-likeness (QED) is 0.529. The Morgan fingerprint density at radius 3 is 2.04 bits per heavy atom. The van der Waals surface area contributed by atoms with Crippen molar-refractivity contribution in [1.29, 1.82) is 0 Å². The number of ether oxygens (including phenoxy) is 1.